The van der Waals surface area contributed by atoms with Crippen LogP contribution in [0.2, 0.25) is 0 Å². The van der Waals surface area contributed by atoms with E-state index in [0.29, 0.717) is 18.1 Å². The van der Waals surface area contributed by atoms with Gasteiger partial charge in [0.2, 0.25) is 0 Å². The van der Waals surface area contributed by atoms with Gasteiger partial charge in [-0.05, 0) is 0 Å². The van der Waals surface area contributed by atoms with Gasteiger partial charge in [-0.25, -0.2) is 4.79 Å². The number of aliphatic hydroxyl groups is 1. The van der Waals surface area contributed by atoms with Crippen molar-refractivity contribution in [3.8, 4) is 0 Å². The van der Waals surface area contributed by atoms with Crippen molar-refractivity contribution in [3.05, 3.63) is 11.8 Å². The smallest absolute Gasteiger partial charge is 0.323 e. The number of rotatable bonds is 2. The predicted octanol–water partition coefficient (Wildman–Crippen LogP) is 0.863. The Labute approximate surface area is 99.6 Å². The van der Waals surface area contributed by atoms with Crippen LogP contribution in [0.4, 0.5) is 10.6 Å². The molecule has 1 aliphatic heterocycles. The lowest BCUT2D eigenvalue weighted by Crippen LogP contribution is -2.36. The fourth-order valence-corrected chi connectivity index (χ4v) is 1.72. The maximum atomic E-state index is 11.6. The van der Waals surface area contributed by atoms with Crippen LogP contribution in [0.1, 0.15) is 26.5 Å². The summed E-state index contributed by atoms with van der Waals surface area (Å²) in [5, 5.41) is 15.7. The maximum Gasteiger partial charge on any atom is 0.323 e. The molecule has 2 amide bonds. The minimum Gasteiger partial charge on any atom is -0.394 e. The van der Waals surface area contributed by atoms with Gasteiger partial charge in [0.1, 0.15) is 5.76 Å². The van der Waals surface area contributed by atoms with Crippen LogP contribution in [0, 0.1) is 0 Å². The number of hydrogen-bond acceptors (Lipinski definition) is 4. The van der Waals surface area contributed by atoms with Crippen LogP contribution < -0.4 is 10.2 Å². The quantitative estimate of drug-likeness (QED) is 0.802. The predicted molar refractivity (Wildman–Crippen MR) is 62.0 cm³/mol. The second-order valence-corrected chi connectivity index (χ2v) is 5.19. The fraction of sp³-hybridized carbons (Fsp3) is 0.636. The van der Waals surface area contributed by atoms with Crippen molar-refractivity contribution in [2.24, 2.45) is 0 Å². The molecule has 6 heteroatoms. The molecule has 94 valence electrons. The lowest BCUT2D eigenvalue weighted by atomic mass is 9.93. The second-order valence-electron chi connectivity index (χ2n) is 5.19. The molecule has 0 spiro atoms. The summed E-state index contributed by atoms with van der Waals surface area (Å²) in [5.41, 5.74) is -0.157. The molecule has 1 aromatic heterocycles. The minimum atomic E-state index is -0.277. The van der Waals surface area contributed by atoms with Gasteiger partial charge in [-0.1, -0.05) is 25.9 Å². The standard InChI is InChI=1S/C11H17N3O3/c1-11(2,3)8-4-9(13-17-8)14-7(6-15)5-12-10(14)16/h4,7,15H,5-6H2,1-3H3,(H,12,16). The van der Waals surface area contributed by atoms with E-state index in [4.69, 9.17) is 4.52 Å². The van der Waals surface area contributed by atoms with Crippen molar-refractivity contribution in [2.45, 2.75) is 32.2 Å². The van der Waals surface area contributed by atoms with Crippen molar-refractivity contribution in [2.75, 3.05) is 18.1 Å². The Hall–Kier alpha value is -1.56. The van der Waals surface area contributed by atoms with E-state index in [1.165, 1.54) is 4.90 Å². The van der Waals surface area contributed by atoms with E-state index >= 15 is 0 Å². The number of hydrogen-bond donors (Lipinski definition) is 2. The number of carbonyl (C=O) groups excluding carboxylic acids is 1. The number of nitrogens with one attached hydrogen (secondary N) is 1. The first kappa shape index (κ1) is 11.9. The summed E-state index contributed by atoms with van der Waals surface area (Å²) in [6.45, 7) is 6.34. The van der Waals surface area contributed by atoms with Crippen LogP contribution >= 0.6 is 0 Å². The first-order valence-corrected chi connectivity index (χ1v) is 5.58. The molecule has 0 aliphatic carbocycles. The Kier molecular flexibility index (Phi) is 2.82. The van der Waals surface area contributed by atoms with Crippen molar-refractivity contribution < 1.29 is 14.4 Å². The van der Waals surface area contributed by atoms with E-state index in [2.05, 4.69) is 10.5 Å². The first-order valence-electron chi connectivity index (χ1n) is 5.58. The third-order valence-electron chi connectivity index (χ3n) is 2.77. The average Bonchev–Trinajstić information content (AvgIpc) is 2.82. The van der Waals surface area contributed by atoms with Gasteiger partial charge in [0, 0.05) is 18.0 Å². The molecule has 1 unspecified atom stereocenters. The van der Waals surface area contributed by atoms with Crippen molar-refractivity contribution in [1.29, 1.82) is 0 Å². The molecule has 0 saturated carbocycles. The van der Waals surface area contributed by atoms with Crippen LogP contribution in [0.25, 0.3) is 0 Å². The van der Waals surface area contributed by atoms with Gasteiger partial charge in [0.25, 0.3) is 0 Å². The molecule has 0 radical (unpaired) electrons. The summed E-state index contributed by atoms with van der Waals surface area (Å²) >= 11 is 0. The Bertz CT molecular complexity index is 422. The van der Waals surface area contributed by atoms with Crippen LogP contribution in [-0.2, 0) is 5.41 Å². The molecule has 1 saturated heterocycles. The number of anilines is 1. The highest BCUT2D eigenvalue weighted by Crippen LogP contribution is 2.27. The van der Waals surface area contributed by atoms with Gasteiger partial charge >= 0.3 is 6.03 Å². The molecule has 1 fully saturated rings. The van der Waals surface area contributed by atoms with Crippen molar-refractivity contribution in [1.82, 2.24) is 10.5 Å². The summed E-state index contributed by atoms with van der Waals surface area (Å²) in [7, 11) is 0. The topological polar surface area (TPSA) is 78.6 Å². The van der Waals surface area contributed by atoms with Gasteiger partial charge in [-0.15, -0.1) is 0 Å². The monoisotopic (exact) mass is 239 g/mol. The largest absolute Gasteiger partial charge is 0.394 e. The molecule has 1 aromatic rings. The van der Waals surface area contributed by atoms with Crippen LogP contribution in [0.3, 0.4) is 0 Å². The molecular formula is C11H17N3O3. The van der Waals surface area contributed by atoms with Gasteiger partial charge in [0.05, 0.1) is 12.6 Å². The lowest BCUT2D eigenvalue weighted by molar-refractivity contribution is 0.246. The zero-order valence-corrected chi connectivity index (χ0v) is 10.2. The zero-order valence-electron chi connectivity index (χ0n) is 10.2. The number of amides is 2. The Morgan fingerprint density at radius 3 is 2.88 bits per heavy atom. The van der Waals surface area contributed by atoms with Crippen molar-refractivity contribution in [3.63, 3.8) is 0 Å². The van der Waals surface area contributed by atoms with Gasteiger partial charge < -0.3 is 14.9 Å². The molecule has 0 bridgehead atoms. The van der Waals surface area contributed by atoms with E-state index in [1.807, 2.05) is 20.8 Å². The highest BCUT2D eigenvalue weighted by atomic mass is 16.5. The SMILES string of the molecule is CC(C)(C)c1cc(N2C(=O)NCC2CO)no1. The minimum absolute atomic E-state index is 0.101. The normalized spacial score (nSPS) is 20.8. The molecule has 17 heavy (non-hydrogen) atoms. The van der Waals surface area contributed by atoms with E-state index in [9.17, 15) is 9.90 Å². The Balaban J connectivity index is 2.28. The maximum absolute atomic E-state index is 11.6. The Morgan fingerprint density at radius 1 is 1.65 bits per heavy atom. The molecule has 0 aromatic carbocycles. The summed E-state index contributed by atoms with van der Waals surface area (Å²) in [5.74, 6) is 1.16. The number of aromatic nitrogens is 1. The molecule has 2 N–H and O–H groups in total. The highest BCUT2D eigenvalue weighted by molar-refractivity contribution is 5.94. The average molecular weight is 239 g/mol. The van der Waals surface area contributed by atoms with E-state index < -0.39 is 0 Å². The third kappa shape index (κ3) is 2.12. The molecule has 1 aliphatic rings. The summed E-state index contributed by atoms with van der Waals surface area (Å²) in [4.78, 5) is 13.1. The molecule has 2 heterocycles. The zero-order chi connectivity index (χ0) is 12.6. The molecule has 6 nitrogen and oxygen atoms in total. The summed E-state index contributed by atoms with van der Waals surface area (Å²) in [6, 6.07) is 1.21. The second kappa shape index (κ2) is 4.03. The van der Waals surface area contributed by atoms with E-state index in [0.717, 1.165) is 0 Å². The third-order valence-corrected chi connectivity index (χ3v) is 2.77. The van der Waals surface area contributed by atoms with Crippen LogP contribution in [0.5, 0.6) is 0 Å². The van der Waals surface area contributed by atoms with E-state index in [-0.39, 0.29) is 24.1 Å². The van der Waals surface area contributed by atoms with Gasteiger partial charge in [-0.2, -0.15) is 0 Å². The number of aliphatic hydroxyl groups excluding tert-OH is 1. The molecular weight excluding hydrogens is 222 g/mol. The van der Waals surface area contributed by atoms with E-state index in [1.54, 1.807) is 6.07 Å². The van der Waals surface area contributed by atoms with Gasteiger partial charge in [-0.3, -0.25) is 4.90 Å². The first-order chi connectivity index (χ1) is 7.93. The number of urea groups is 1. The number of carbonyl (C=O) groups is 1. The van der Waals surface area contributed by atoms with Gasteiger partial charge in [0.15, 0.2) is 5.82 Å². The summed E-state index contributed by atoms with van der Waals surface area (Å²) < 4.78 is 5.23. The summed E-state index contributed by atoms with van der Waals surface area (Å²) in [6.07, 6.45) is 0. The molecule has 2 rings (SSSR count). The molecule has 1 atom stereocenters. The van der Waals surface area contributed by atoms with Crippen LogP contribution in [-0.4, -0.2) is 35.5 Å². The van der Waals surface area contributed by atoms with Crippen molar-refractivity contribution >= 4 is 11.8 Å². The Morgan fingerprint density at radius 2 is 2.35 bits per heavy atom. The lowest BCUT2D eigenvalue weighted by Gasteiger charge is -2.17. The van der Waals surface area contributed by atoms with Crippen LogP contribution in [0.15, 0.2) is 10.6 Å². The highest BCUT2D eigenvalue weighted by Gasteiger charge is 2.34. The number of nitrogens with zero attached hydrogens (tertiary/aromatic N) is 2. The fourth-order valence-electron chi connectivity index (χ4n) is 1.72.